The normalized spacial score (nSPS) is 10.6. The van der Waals surface area contributed by atoms with Gasteiger partial charge in [0.2, 0.25) is 0 Å². The second-order valence-electron chi connectivity index (χ2n) is 6.25. The van der Waals surface area contributed by atoms with E-state index in [4.69, 9.17) is 9.15 Å². The minimum Gasteiger partial charge on any atom is -0.548 e. The number of carboxylic acid groups (broad SMARTS) is 1. The summed E-state index contributed by atoms with van der Waals surface area (Å²) >= 11 is 0. The molecule has 1 amide bonds. The van der Waals surface area contributed by atoms with Crippen LogP contribution in [0, 0.1) is 6.92 Å². The van der Waals surface area contributed by atoms with Crippen molar-refractivity contribution in [2.24, 2.45) is 0 Å². The van der Waals surface area contributed by atoms with Gasteiger partial charge in [0.05, 0.1) is 12.5 Å². The number of hydrogen-bond acceptors (Lipinski definition) is 6. The van der Waals surface area contributed by atoms with E-state index >= 15 is 0 Å². The zero-order valence-corrected chi connectivity index (χ0v) is 15.2. The highest BCUT2D eigenvalue weighted by atomic mass is 16.5. The number of aliphatic carboxylic acids is 1. The summed E-state index contributed by atoms with van der Waals surface area (Å²) in [5, 5.41) is 13.2. The fraction of sp³-hybridized carbons (Fsp3) is 0.190. The number of amides is 1. The van der Waals surface area contributed by atoms with Gasteiger partial charge in [-0.25, -0.2) is 4.79 Å². The number of hydrogen-bond donors (Lipinski definition) is 1. The monoisotopic (exact) mass is 380 g/mol. The molecule has 0 spiro atoms. The Labute approximate surface area is 160 Å². The fourth-order valence-corrected chi connectivity index (χ4v) is 2.84. The summed E-state index contributed by atoms with van der Waals surface area (Å²) in [5.41, 5.74) is 2.37. The van der Waals surface area contributed by atoms with Crippen LogP contribution >= 0.6 is 0 Å². The van der Waals surface area contributed by atoms with E-state index in [1.807, 2.05) is 37.3 Å². The summed E-state index contributed by atoms with van der Waals surface area (Å²) in [6, 6.07) is 14.6. The number of carbonyl (C=O) groups excluding carboxylic acids is 2. The van der Waals surface area contributed by atoms with Gasteiger partial charge in [-0.15, -0.1) is 0 Å². The first-order chi connectivity index (χ1) is 13.4. The van der Waals surface area contributed by atoms with Gasteiger partial charge in [-0.2, -0.15) is 0 Å². The highest BCUT2D eigenvalue weighted by molar-refractivity contribution is 5.83. The maximum atomic E-state index is 12.5. The summed E-state index contributed by atoms with van der Waals surface area (Å²) in [6.45, 7) is 0.914. The number of fused-ring (bicyclic) bond motifs is 1. The molecule has 144 valence electrons. The van der Waals surface area contributed by atoms with Gasteiger partial charge in [-0.1, -0.05) is 30.3 Å². The lowest BCUT2D eigenvalue weighted by atomic mass is 10.00. The summed E-state index contributed by atoms with van der Waals surface area (Å²) in [7, 11) is 0. The minimum absolute atomic E-state index is 0.328. The number of carboxylic acids is 1. The van der Waals surface area contributed by atoms with Crippen molar-refractivity contribution in [3.05, 3.63) is 75.6 Å². The average molecular weight is 380 g/mol. The molecule has 2 aromatic carbocycles. The van der Waals surface area contributed by atoms with Crippen LogP contribution in [0.25, 0.3) is 11.0 Å². The Hall–Kier alpha value is -3.61. The van der Waals surface area contributed by atoms with Crippen molar-refractivity contribution < 1.29 is 23.8 Å². The van der Waals surface area contributed by atoms with E-state index in [0.29, 0.717) is 23.3 Å². The molecular weight excluding hydrogens is 362 g/mol. The summed E-state index contributed by atoms with van der Waals surface area (Å²) < 4.78 is 10.8. The molecule has 0 aliphatic carbocycles. The Kier molecular flexibility index (Phi) is 5.74. The Morgan fingerprint density at radius 2 is 1.89 bits per heavy atom. The quantitative estimate of drug-likeness (QED) is 0.611. The molecule has 7 heteroatoms. The largest absolute Gasteiger partial charge is 0.548 e. The van der Waals surface area contributed by atoms with Crippen molar-refractivity contribution in [2.75, 3.05) is 13.2 Å². The standard InChI is InChI=1S/C21H19NO6/c1-13-16-8-7-15(27-12-19(23)22-11-20(24)25)10-18(16)28-21(26)17(13)9-14-5-3-2-4-6-14/h2-8,10H,9,11-12H2,1H3,(H,22,23)(H,24,25)/p-1. The molecule has 0 radical (unpaired) electrons. The van der Waals surface area contributed by atoms with Crippen LogP contribution in [0.2, 0.25) is 0 Å². The Balaban J connectivity index is 1.80. The van der Waals surface area contributed by atoms with Crippen LogP contribution in [0.4, 0.5) is 0 Å². The maximum Gasteiger partial charge on any atom is 0.340 e. The van der Waals surface area contributed by atoms with E-state index in [1.54, 1.807) is 12.1 Å². The highest BCUT2D eigenvalue weighted by Crippen LogP contribution is 2.25. The molecule has 28 heavy (non-hydrogen) atoms. The number of aryl methyl sites for hydroxylation is 1. The lowest BCUT2D eigenvalue weighted by molar-refractivity contribution is -0.304. The van der Waals surface area contributed by atoms with Crippen molar-refractivity contribution in [1.29, 1.82) is 0 Å². The molecule has 0 fully saturated rings. The number of rotatable bonds is 7. The van der Waals surface area contributed by atoms with E-state index in [-0.39, 0.29) is 6.61 Å². The number of nitrogens with one attached hydrogen (secondary N) is 1. The molecule has 0 atom stereocenters. The van der Waals surface area contributed by atoms with Crippen molar-refractivity contribution >= 4 is 22.8 Å². The van der Waals surface area contributed by atoms with Gasteiger partial charge in [0.15, 0.2) is 6.61 Å². The van der Waals surface area contributed by atoms with Crippen LogP contribution < -0.4 is 20.8 Å². The lowest BCUT2D eigenvalue weighted by Crippen LogP contribution is -2.39. The number of ether oxygens (including phenoxy) is 1. The highest BCUT2D eigenvalue weighted by Gasteiger charge is 2.13. The zero-order chi connectivity index (χ0) is 20.1. The topological polar surface area (TPSA) is 109 Å². The molecule has 0 saturated carbocycles. The lowest BCUT2D eigenvalue weighted by Gasteiger charge is -2.10. The van der Waals surface area contributed by atoms with E-state index in [9.17, 15) is 19.5 Å². The molecule has 0 bridgehead atoms. The predicted octanol–water partition coefficient (Wildman–Crippen LogP) is 0.937. The van der Waals surface area contributed by atoms with Gasteiger partial charge in [-0.05, 0) is 30.2 Å². The molecule has 0 aliphatic heterocycles. The zero-order valence-electron chi connectivity index (χ0n) is 15.2. The van der Waals surface area contributed by atoms with Gasteiger partial charge in [0, 0.05) is 23.4 Å². The fourth-order valence-electron chi connectivity index (χ4n) is 2.84. The molecule has 7 nitrogen and oxygen atoms in total. The van der Waals surface area contributed by atoms with E-state index < -0.39 is 24.0 Å². The third-order valence-corrected chi connectivity index (χ3v) is 4.28. The van der Waals surface area contributed by atoms with E-state index in [0.717, 1.165) is 16.5 Å². The van der Waals surface area contributed by atoms with Crippen molar-refractivity contribution in [3.8, 4) is 5.75 Å². The first kappa shape index (κ1) is 19.2. The molecule has 3 rings (SSSR count). The summed E-state index contributed by atoms with van der Waals surface area (Å²) in [5.74, 6) is -1.66. The second kappa shape index (κ2) is 8.39. The summed E-state index contributed by atoms with van der Waals surface area (Å²) in [4.78, 5) is 34.3. The summed E-state index contributed by atoms with van der Waals surface area (Å²) in [6.07, 6.45) is 0.474. The van der Waals surface area contributed by atoms with Crippen molar-refractivity contribution in [3.63, 3.8) is 0 Å². The van der Waals surface area contributed by atoms with Gasteiger partial charge < -0.3 is 24.4 Å². The molecule has 1 heterocycles. The molecule has 0 saturated heterocycles. The van der Waals surface area contributed by atoms with E-state index in [1.165, 1.54) is 6.07 Å². The Morgan fingerprint density at radius 1 is 1.14 bits per heavy atom. The second-order valence-corrected chi connectivity index (χ2v) is 6.25. The Morgan fingerprint density at radius 3 is 2.61 bits per heavy atom. The Bertz CT molecular complexity index is 1070. The third kappa shape index (κ3) is 4.56. The first-order valence-electron chi connectivity index (χ1n) is 8.63. The van der Waals surface area contributed by atoms with E-state index in [2.05, 4.69) is 5.32 Å². The number of benzene rings is 2. The van der Waals surface area contributed by atoms with Crippen LogP contribution in [0.1, 0.15) is 16.7 Å². The molecular formula is C21H18NO6-. The molecule has 1 N–H and O–H groups in total. The smallest absolute Gasteiger partial charge is 0.340 e. The van der Waals surface area contributed by atoms with Crippen LogP contribution in [-0.4, -0.2) is 25.0 Å². The molecule has 1 aromatic heterocycles. The van der Waals surface area contributed by atoms with Gasteiger partial charge in [-0.3, -0.25) is 4.79 Å². The van der Waals surface area contributed by atoms with Crippen LogP contribution in [0.3, 0.4) is 0 Å². The van der Waals surface area contributed by atoms with Crippen LogP contribution in [0.5, 0.6) is 5.75 Å². The average Bonchev–Trinajstić information content (AvgIpc) is 2.68. The molecule has 0 aliphatic rings. The van der Waals surface area contributed by atoms with Crippen LogP contribution in [0.15, 0.2) is 57.7 Å². The number of carbonyl (C=O) groups is 2. The van der Waals surface area contributed by atoms with Gasteiger partial charge >= 0.3 is 5.63 Å². The van der Waals surface area contributed by atoms with Crippen molar-refractivity contribution in [1.82, 2.24) is 5.32 Å². The van der Waals surface area contributed by atoms with Crippen LogP contribution in [-0.2, 0) is 16.0 Å². The predicted molar refractivity (Wildman–Crippen MR) is 100.0 cm³/mol. The maximum absolute atomic E-state index is 12.5. The SMILES string of the molecule is Cc1c(Cc2ccccc2)c(=O)oc2cc(OCC(=O)NCC(=O)[O-])ccc12. The van der Waals surface area contributed by atoms with Gasteiger partial charge in [0.25, 0.3) is 5.91 Å². The third-order valence-electron chi connectivity index (χ3n) is 4.28. The first-order valence-corrected chi connectivity index (χ1v) is 8.63. The molecule has 0 unspecified atom stereocenters. The van der Waals surface area contributed by atoms with Gasteiger partial charge in [0.1, 0.15) is 11.3 Å². The van der Waals surface area contributed by atoms with Crippen molar-refractivity contribution in [2.45, 2.75) is 13.3 Å². The molecule has 3 aromatic rings. The minimum atomic E-state index is -1.39.